The predicted molar refractivity (Wildman–Crippen MR) is 102 cm³/mol. The summed E-state index contributed by atoms with van der Waals surface area (Å²) in [5.41, 5.74) is -0.0944. The lowest BCUT2D eigenvalue weighted by molar-refractivity contribution is -0.137. The maximum Gasteiger partial charge on any atom is 0.416 e. The monoisotopic (exact) mass is 492 g/mol. The molecular weight excluding hydrogens is 480 g/mol. The topological polar surface area (TPSA) is 58.2 Å². The van der Waals surface area contributed by atoms with E-state index in [2.05, 4.69) is 33.2 Å². The van der Waals surface area contributed by atoms with Crippen LogP contribution in [0.1, 0.15) is 12.0 Å². The minimum absolute atomic E-state index is 0.0804. The lowest BCUT2D eigenvalue weighted by Gasteiger charge is -2.24. The highest BCUT2D eigenvalue weighted by atomic mass is 127. The first-order chi connectivity index (χ1) is 12.2. The summed E-state index contributed by atoms with van der Waals surface area (Å²) in [4.78, 5) is 24.8. The van der Waals surface area contributed by atoms with Gasteiger partial charge < -0.3 is 10.6 Å². The van der Waals surface area contributed by atoms with E-state index in [1.807, 2.05) is 12.1 Å². The fourth-order valence-corrected chi connectivity index (χ4v) is 3.83. The lowest BCUT2D eigenvalue weighted by Crippen LogP contribution is -2.32. The van der Waals surface area contributed by atoms with Gasteiger partial charge >= 0.3 is 6.18 Å². The van der Waals surface area contributed by atoms with Crippen molar-refractivity contribution in [3.63, 3.8) is 0 Å². The average molecular weight is 492 g/mol. The zero-order valence-electron chi connectivity index (χ0n) is 13.1. The number of carbonyl (C=O) groups excluding carboxylic acids is 2. The second kappa shape index (κ2) is 7.47. The Morgan fingerprint density at radius 2 is 1.88 bits per heavy atom. The van der Waals surface area contributed by atoms with E-state index in [-0.39, 0.29) is 18.0 Å². The Morgan fingerprint density at radius 1 is 1.19 bits per heavy atom. The Balaban J connectivity index is 1.68. The van der Waals surface area contributed by atoms with Crippen LogP contribution in [0.4, 0.5) is 24.5 Å². The van der Waals surface area contributed by atoms with Crippen molar-refractivity contribution in [1.82, 2.24) is 0 Å². The van der Waals surface area contributed by atoms with Crippen LogP contribution in [0, 0.1) is 3.57 Å². The third-order valence-electron chi connectivity index (χ3n) is 3.63. The zero-order chi connectivity index (χ0) is 18.9. The number of hydrogen-bond acceptors (Lipinski definition) is 3. The summed E-state index contributed by atoms with van der Waals surface area (Å²) < 4.78 is 39.3. The Labute approximate surface area is 165 Å². The van der Waals surface area contributed by atoms with Crippen LogP contribution in [0.2, 0.25) is 0 Å². The Hall–Kier alpha value is -1.75. The Morgan fingerprint density at radius 3 is 2.54 bits per heavy atom. The van der Waals surface area contributed by atoms with Crippen LogP contribution in [0.25, 0.3) is 0 Å². The number of hydrogen-bond donors (Lipinski definition) is 2. The molecule has 9 heteroatoms. The minimum atomic E-state index is -4.48. The van der Waals surface area contributed by atoms with E-state index in [0.717, 1.165) is 27.5 Å². The molecule has 1 atom stereocenters. The van der Waals surface area contributed by atoms with Crippen molar-refractivity contribution >= 4 is 57.5 Å². The SMILES string of the molecule is O=C(C[C@H]1Sc2ccc(C(F)(F)F)cc2NC1=O)Nc1ccc(I)cc1. The Kier molecular flexibility index (Phi) is 5.47. The van der Waals surface area contributed by atoms with Gasteiger partial charge in [-0.1, -0.05) is 0 Å². The molecule has 0 saturated heterocycles. The smallest absolute Gasteiger partial charge is 0.326 e. The summed E-state index contributed by atoms with van der Waals surface area (Å²) >= 11 is 3.23. The fourth-order valence-electron chi connectivity index (χ4n) is 2.37. The molecule has 0 bridgehead atoms. The third kappa shape index (κ3) is 4.50. The molecule has 1 heterocycles. The number of thioether (sulfide) groups is 1. The van der Waals surface area contributed by atoms with Crippen molar-refractivity contribution in [3.8, 4) is 0 Å². The van der Waals surface area contributed by atoms with Gasteiger partial charge in [-0.2, -0.15) is 13.2 Å². The number of nitrogens with one attached hydrogen (secondary N) is 2. The second-order valence-electron chi connectivity index (χ2n) is 5.56. The van der Waals surface area contributed by atoms with Crippen molar-refractivity contribution in [2.45, 2.75) is 22.7 Å². The number of alkyl halides is 3. The highest BCUT2D eigenvalue weighted by Gasteiger charge is 2.34. The third-order valence-corrected chi connectivity index (χ3v) is 5.62. The average Bonchev–Trinajstić information content (AvgIpc) is 2.56. The van der Waals surface area contributed by atoms with E-state index in [1.165, 1.54) is 6.07 Å². The fraction of sp³-hybridized carbons (Fsp3) is 0.176. The van der Waals surface area contributed by atoms with Gasteiger partial charge in [-0.15, -0.1) is 11.8 Å². The molecule has 2 aromatic carbocycles. The molecule has 1 aliphatic rings. The molecule has 136 valence electrons. The van der Waals surface area contributed by atoms with E-state index in [0.29, 0.717) is 10.6 Å². The van der Waals surface area contributed by atoms with E-state index < -0.39 is 22.9 Å². The summed E-state index contributed by atoms with van der Waals surface area (Å²) in [6.07, 6.45) is -4.56. The number of anilines is 2. The molecular formula is C17H12F3IN2O2S. The zero-order valence-corrected chi connectivity index (χ0v) is 16.0. The van der Waals surface area contributed by atoms with E-state index in [9.17, 15) is 22.8 Å². The highest BCUT2D eigenvalue weighted by Crippen LogP contribution is 2.40. The van der Waals surface area contributed by atoms with Crippen LogP contribution in [0.5, 0.6) is 0 Å². The number of rotatable bonds is 3. The van der Waals surface area contributed by atoms with Gasteiger partial charge in [0.25, 0.3) is 0 Å². The van der Waals surface area contributed by atoms with Gasteiger partial charge in [-0.05, 0) is 65.1 Å². The first-order valence-electron chi connectivity index (χ1n) is 7.46. The first kappa shape index (κ1) is 19.0. The standard InChI is InChI=1S/C17H12F3IN2O2S/c18-17(19,20)9-1-6-13-12(7-9)23-16(25)14(26-13)8-15(24)22-11-4-2-10(21)3-5-11/h1-7,14H,8H2,(H,22,24)(H,23,25)/t14-/m1/s1. The van der Waals surface area contributed by atoms with Crippen LogP contribution < -0.4 is 10.6 Å². The first-order valence-corrected chi connectivity index (χ1v) is 9.42. The van der Waals surface area contributed by atoms with Gasteiger partial charge in [0.05, 0.1) is 16.5 Å². The summed E-state index contributed by atoms with van der Waals surface area (Å²) in [7, 11) is 0. The van der Waals surface area contributed by atoms with Crippen LogP contribution in [0.15, 0.2) is 47.4 Å². The van der Waals surface area contributed by atoms with Crippen molar-refractivity contribution < 1.29 is 22.8 Å². The molecule has 26 heavy (non-hydrogen) atoms. The summed E-state index contributed by atoms with van der Waals surface area (Å²) in [6.45, 7) is 0. The molecule has 4 nitrogen and oxygen atoms in total. The molecule has 0 radical (unpaired) electrons. The van der Waals surface area contributed by atoms with Gasteiger partial charge in [-0.3, -0.25) is 9.59 Å². The molecule has 0 spiro atoms. The lowest BCUT2D eigenvalue weighted by atomic mass is 10.1. The highest BCUT2D eigenvalue weighted by molar-refractivity contribution is 14.1. The van der Waals surface area contributed by atoms with E-state index in [1.54, 1.807) is 12.1 Å². The van der Waals surface area contributed by atoms with Gasteiger partial charge in [0, 0.05) is 20.6 Å². The number of fused-ring (bicyclic) bond motifs is 1. The maximum absolute atomic E-state index is 12.8. The van der Waals surface area contributed by atoms with Crippen molar-refractivity contribution in [3.05, 3.63) is 51.6 Å². The summed E-state index contributed by atoms with van der Waals surface area (Å²) in [5.74, 6) is -0.825. The molecule has 1 aliphatic heterocycles. The molecule has 0 unspecified atom stereocenters. The molecule has 0 aliphatic carbocycles. The van der Waals surface area contributed by atoms with Gasteiger partial charge in [0.2, 0.25) is 11.8 Å². The number of amides is 2. The van der Waals surface area contributed by atoms with Crippen molar-refractivity contribution in [2.75, 3.05) is 10.6 Å². The Bertz CT molecular complexity index is 856. The normalized spacial score (nSPS) is 16.6. The van der Waals surface area contributed by atoms with Gasteiger partial charge in [0.1, 0.15) is 0 Å². The van der Waals surface area contributed by atoms with Crippen LogP contribution >= 0.6 is 34.4 Å². The van der Waals surface area contributed by atoms with E-state index >= 15 is 0 Å². The molecule has 0 saturated carbocycles. The van der Waals surface area contributed by atoms with Gasteiger partial charge in [-0.25, -0.2) is 0 Å². The van der Waals surface area contributed by atoms with Crippen molar-refractivity contribution in [2.24, 2.45) is 0 Å². The van der Waals surface area contributed by atoms with Crippen molar-refractivity contribution in [1.29, 1.82) is 0 Å². The van der Waals surface area contributed by atoms with E-state index in [4.69, 9.17) is 0 Å². The largest absolute Gasteiger partial charge is 0.416 e. The van der Waals surface area contributed by atoms with Gasteiger partial charge in [0.15, 0.2) is 0 Å². The molecule has 0 fully saturated rings. The molecule has 2 amide bonds. The molecule has 3 rings (SSSR count). The minimum Gasteiger partial charge on any atom is -0.326 e. The summed E-state index contributed by atoms with van der Waals surface area (Å²) in [5, 5.41) is 4.46. The number of benzene rings is 2. The molecule has 0 aromatic heterocycles. The van der Waals surface area contributed by atoms with Crippen LogP contribution in [-0.2, 0) is 15.8 Å². The maximum atomic E-state index is 12.8. The van der Waals surface area contributed by atoms with Crippen LogP contribution in [0.3, 0.4) is 0 Å². The quantitative estimate of drug-likeness (QED) is 0.609. The summed E-state index contributed by atoms with van der Waals surface area (Å²) in [6, 6.07) is 10.4. The predicted octanol–water partition coefficient (Wildman–Crippen LogP) is 4.75. The second-order valence-corrected chi connectivity index (χ2v) is 8.05. The molecule has 2 N–H and O–H groups in total. The van der Waals surface area contributed by atoms with Crippen LogP contribution in [-0.4, -0.2) is 17.1 Å². The number of halogens is 4. The molecule has 2 aromatic rings. The number of carbonyl (C=O) groups is 2.